The first-order chi connectivity index (χ1) is 10.7. The first kappa shape index (κ1) is 20.2. The lowest BCUT2D eigenvalue weighted by atomic mass is 9.86. The normalized spacial score (nSPS) is 31.4. The molecule has 1 saturated carbocycles. The third-order valence-electron chi connectivity index (χ3n) is 4.76. The fourth-order valence-electron chi connectivity index (χ4n) is 3.44. The molecule has 2 aliphatic rings. The number of carbonyl (C=O) groups is 2. The molecule has 1 amide bonds. The molecule has 2 fully saturated rings. The van der Waals surface area contributed by atoms with Gasteiger partial charge in [0.05, 0.1) is 19.1 Å². The van der Waals surface area contributed by atoms with E-state index in [9.17, 15) is 9.59 Å². The van der Waals surface area contributed by atoms with Crippen LogP contribution < -0.4 is 11.1 Å². The summed E-state index contributed by atoms with van der Waals surface area (Å²) >= 11 is 0. The van der Waals surface area contributed by atoms with Crippen molar-refractivity contribution in [3.05, 3.63) is 0 Å². The van der Waals surface area contributed by atoms with Gasteiger partial charge in [0.2, 0.25) is 5.91 Å². The van der Waals surface area contributed by atoms with Gasteiger partial charge in [-0.3, -0.25) is 9.59 Å². The van der Waals surface area contributed by atoms with E-state index in [1.165, 1.54) is 7.11 Å². The Kier molecular flexibility index (Phi) is 8.87. The monoisotopic (exact) mass is 348 g/mol. The number of hydrogen-bond acceptors (Lipinski definition) is 5. The Hall–Kier alpha value is -0.850. The third kappa shape index (κ3) is 5.62. The van der Waals surface area contributed by atoms with Crippen molar-refractivity contribution in [1.29, 1.82) is 0 Å². The molecule has 0 bridgehead atoms. The second kappa shape index (κ2) is 10.1. The van der Waals surface area contributed by atoms with Crippen LogP contribution in [-0.2, 0) is 19.1 Å². The summed E-state index contributed by atoms with van der Waals surface area (Å²) in [4.78, 5) is 24.4. The van der Waals surface area contributed by atoms with Crippen molar-refractivity contribution in [2.24, 2.45) is 11.7 Å². The standard InChI is InChI=1S/C16H28N2O4.ClH/c1-21-16(20)12-6-4-2-3-5-7-13(12)18-15(19)14-9-8-11(10-17)22-14;/h11-14H,2-10,17H2,1H3,(H,18,19);1H/t11-,12?,13?,14+;/m1./s1. The maximum absolute atomic E-state index is 12.4. The van der Waals surface area contributed by atoms with E-state index in [2.05, 4.69) is 5.32 Å². The molecule has 6 nitrogen and oxygen atoms in total. The van der Waals surface area contributed by atoms with Gasteiger partial charge in [-0.1, -0.05) is 25.7 Å². The highest BCUT2D eigenvalue weighted by molar-refractivity contribution is 5.85. The van der Waals surface area contributed by atoms with Crippen LogP contribution in [0.15, 0.2) is 0 Å². The molecule has 1 aliphatic heterocycles. The molecule has 3 N–H and O–H groups in total. The summed E-state index contributed by atoms with van der Waals surface area (Å²) in [6.07, 6.45) is 6.96. The van der Waals surface area contributed by atoms with Crippen molar-refractivity contribution >= 4 is 24.3 Å². The summed E-state index contributed by atoms with van der Waals surface area (Å²) in [5.74, 6) is -0.587. The smallest absolute Gasteiger partial charge is 0.310 e. The fourth-order valence-corrected chi connectivity index (χ4v) is 3.44. The van der Waals surface area contributed by atoms with E-state index >= 15 is 0 Å². The number of carbonyl (C=O) groups excluding carboxylic acids is 2. The molecule has 2 rings (SSSR count). The van der Waals surface area contributed by atoms with Crippen molar-refractivity contribution in [3.8, 4) is 0 Å². The van der Waals surface area contributed by atoms with Crippen LogP contribution in [0.2, 0.25) is 0 Å². The van der Waals surface area contributed by atoms with Gasteiger partial charge in [0, 0.05) is 12.6 Å². The van der Waals surface area contributed by atoms with Crippen LogP contribution in [0.25, 0.3) is 0 Å². The number of hydrogen-bond donors (Lipinski definition) is 2. The van der Waals surface area contributed by atoms with E-state index in [1.807, 2.05) is 0 Å². The van der Waals surface area contributed by atoms with Crippen LogP contribution in [-0.4, -0.2) is 43.8 Å². The number of methoxy groups -OCH3 is 1. The minimum Gasteiger partial charge on any atom is -0.469 e. The van der Waals surface area contributed by atoms with E-state index in [0.717, 1.165) is 44.9 Å². The average molecular weight is 349 g/mol. The maximum atomic E-state index is 12.4. The van der Waals surface area contributed by atoms with E-state index in [1.54, 1.807) is 0 Å². The Labute approximate surface area is 144 Å². The zero-order valence-corrected chi connectivity index (χ0v) is 14.6. The van der Waals surface area contributed by atoms with Crippen molar-refractivity contribution < 1.29 is 19.1 Å². The average Bonchev–Trinajstić information content (AvgIpc) is 2.98. The summed E-state index contributed by atoms with van der Waals surface area (Å²) in [6.45, 7) is 0.442. The lowest BCUT2D eigenvalue weighted by molar-refractivity contribution is -0.147. The highest BCUT2D eigenvalue weighted by atomic mass is 35.5. The van der Waals surface area contributed by atoms with Gasteiger partial charge in [-0.15, -0.1) is 12.4 Å². The molecule has 4 atom stereocenters. The molecule has 23 heavy (non-hydrogen) atoms. The summed E-state index contributed by atoms with van der Waals surface area (Å²) in [5, 5.41) is 3.03. The predicted octanol–water partition coefficient (Wildman–Crippen LogP) is 1.54. The van der Waals surface area contributed by atoms with Crippen LogP contribution in [0.5, 0.6) is 0 Å². The Morgan fingerprint density at radius 2 is 1.83 bits per heavy atom. The van der Waals surface area contributed by atoms with Crippen LogP contribution in [0.4, 0.5) is 0 Å². The zero-order chi connectivity index (χ0) is 15.9. The van der Waals surface area contributed by atoms with Crippen molar-refractivity contribution in [1.82, 2.24) is 5.32 Å². The molecular weight excluding hydrogens is 320 g/mol. The van der Waals surface area contributed by atoms with E-state index in [-0.39, 0.29) is 42.3 Å². The first-order valence-electron chi connectivity index (χ1n) is 8.39. The highest BCUT2D eigenvalue weighted by Gasteiger charge is 2.35. The van der Waals surface area contributed by atoms with E-state index < -0.39 is 6.10 Å². The Balaban J connectivity index is 0.00000264. The number of esters is 1. The molecule has 0 aromatic carbocycles. The van der Waals surface area contributed by atoms with Crippen LogP contribution >= 0.6 is 12.4 Å². The molecule has 1 saturated heterocycles. The van der Waals surface area contributed by atoms with Gasteiger partial charge in [0.25, 0.3) is 0 Å². The van der Waals surface area contributed by atoms with Gasteiger partial charge < -0.3 is 20.5 Å². The molecule has 0 aromatic heterocycles. The fraction of sp³-hybridized carbons (Fsp3) is 0.875. The molecule has 7 heteroatoms. The van der Waals surface area contributed by atoms with Crippen LogP contribution in [0.3, 0.4) is 0 Å². The summed E-state index contributed by atoms with van der Waals surface area (Å²) in [5.41, 5.74) is 5.58. The summed E-state index contributed by atoms with van der Waals surface area (Å²) < 4.78 is 10.6. The number of nitrogens with one attached hydrogen (secondary N) is 1. The Morgan fingerprint density at radius 3 is 2.43 bits per heavy atom. The molecular formula is C16H29ClN2O4. The second-order valence-electron chi connectivity index (χ2n) is 6.30. The van der Waals surface area contributed by atoms with Crippen molar-refractivity contribution in [3.63, 3.8) is 0 Å². The van der Waals surface area contributed by atoms with E-state index in [0.29, 0.717) is 13.0 Å². The molecule has 2 unspecified atom stereocenters. The number of halogens is 1. The Morgan fingerprint density at radius 1 is 1.13 bits per heavy atom. The van der Waals surface area contributed by atoms with Crippen LogP contribution in [0, 0.1) is 5.92 Å². The number of amides is 1. The van der Waals surface area contributed by atoms with Crippen molar-refractivity contribution in [2.45, 2.75) is 69.6 Å². The largest absolute Gasteiger partial charge is 0.469 e. The molecule has 134 valence electrons. The maximum Gasteiger partial charge on any atom is 0.310 e. The van der Waals surface area contributed by atoms with Crippen molar-refractivity contribution in [2.75, 3.05) is 13.7 Å². The van der Waals surface area contributed by atoms with Gasteiger partial charge in [0.15, 0.2) is 0 Å². The molecule has 1 heterocycles. The molecule has 0 aromatic rings. The number of rotatable bonds is 4. The van der Waals surface area contributed by atoms with Gasteiger partial charge in [-0.05, 0) is 25.7 Å². The van der Waals surface area contributed by atoms with Gasteiger partial charge >= 0.3 is 5.97 Å². The lowest BCUT2D eigenvalue weighted by Crippen LogP contribution is -2.48. The van der Waals surface area contributed by atoms with Gasteiger partial charge in [0.1, 0.15) is 6.10 Å². The first-order valence-corrected chi connectivity index (χ1v) is 8.39. The molecule has 0 spiro atoms. The third-order valence-corrected chi connectivity index (χ3v) is 4.76. The van der Waals surface area contributed by atoms with Gasteiger partial charge in [-0.25, -0.2) is 0 Å². The topological polar surface area (TPSA) is 90.7 Å². The number of ether oxygens (including phenoxy) is 2. The quantitative estimate of drug-likeness (QED) is 0.752. The zero-order valence-electron chi connectivity index (χ0n) is 13.8. The number of nitrogens with two attached hydrogens (primary N) is 1. The van der Waals surface area contributed by atoms with E-state index in [4.69, 9.17) is 15.2 Å². The summed E-state index contributed by atoms with van der Waals surface area (Å²) in [7, 11) is 1.41. The predicted molar refractivity (Wildman–Crippen MR) is 89.3 cm³/mol. The molecule has 1 aliphatic carbocycles. The van der Waals surface area contributed by atoms with Crippen LogP contribution in [0.1, 0.15) is 51.4 Å². The minimum absolute atomic E-state index is 0. The summed E-state index contributed by atoms with van der Waals surface area (Å²) in [6, 6.07) is -0.152. The SMILES string of the molecule is COC(=O)C1CCCCCCC1NC(=O)[C@@H]1CC[C@H](CN)O1.Cl. The minimum atomic E-state index is -0.433. The Bertz CT molecular complexity index is 394. The molecule has 0 radical (unpaired) electrons. The highest BCUT2D eigenvalue weighted by Crippen LogP contribution is 2.25. The lowest BCUT2D eigenvalue weighted by Gasteiger charge is -2.29. The van der Waals surface area contributed by atoms with Gasteiger partial charge in [-0.2, -0.15) is 0 Å². The second-order valence-corrected chi connectivity index (χ2v) is 6.30.